The molecule has 0 radical (unpaired) electrons. The van der Waals surface area contributed by atoms with Gasteiger partial charge in [0.15, 0.2) is 13.0 Å². The van der Waals surface area contributed by atoms with Crippen molar-refractivity contribution in [2.75, 3.05) is 7.11 Å². The van der Waals surface area contributed by atoms with Crippen LogP contribution in [-0.2, 0) is 6.73 Å². The Bertz CT molecular complexity index is 1060. The number of methoxy groups -OCH3 is 1. The Morgan fingerprint density at radius 3 is 2.81 bits per heavy atom. The lowest BCUT2D eigenvalue weighted by Gasteiger charge is -2.13. The highest BCUT2D eigenvalue weighted by molar-refractivity contribution is 7.13. The van der Waals surface area contributed by atoms with E-state index in [0.717, 1.165) is 27.8 Å². The molecule has 0 aliphatic heterocycles. The molecule has 0 aliphatic carbocycles. The highest BCUT2D eigenvalue weighted by Gasteiger charge is 2.14. The highest BCUT2D eigenvalue weighted by Crippen LogP contribution is 2.37. The first-order valence-electron chi connectivity index (χ1n) is 7.92. The van der Waals surface area contributed by atoms with Crippen LogP contribution in [0.15, 0.2) is 53.9 Å². The summed E-state index contributed by atoms with van der Waals surface area (Å²) in [6, 6.07) is 15.1. The molecule has 0 saturated carbocycles. The van der Waals surface area contributed by atoms with Crippen molar-refractivity contribution in [3.8, 4) is 21.9 Å². The predicted octanol–water partition coefficient (Wildman–Crippen LogP) is 4.02. The Labute approximate surface area is 153 Å². The van der Waals surface area contributed by atoms with Gasteiger partial charge in [-0.1, -0.05) is 23.4 Å². The molecule has 0 N–H and O–H groups in total. The summed E-state index contributed by atoms with van der Waals surface area (Å²) in [5.41, 5.74) is 2.97. The summed E-state index contributed by atoms with van der Waals surface area (Å²) >= 11 is 1.58. The number of rotatable bonds is 6. The average molecular weight is 365 g/mol. The smallest absolute Gasteiger partial charge is 0.183 e. The van der Waals surface area contributed by atoms with Gasteiger partial charge < -0.3 is 9.47 Å². The number of benzene rings is 2. The largest absolute Gasteiger partial charge is 0.496 e. The molecular weight excluding hydrogens is 350 g/mol. The first kappa shape index (κ1) is 16.3. The molecule has 0 unspecified atom stereocenters. The monoisotopic (exact) mass is 365 g/mol. The molecule has 7 heteroatoms. The van der Waals surface area contributed by atoms with Gasteiger partial charge in [-0.05, 0) is 29.6 Å². The van der Waals surface area contributed by atoms with Crippen LogP contribution in [0.25, 0.3) is 21.5 Å². The van der Waals surface area contributed by atoms with E-state index < -0.39 is 0 Å². The van der Waals surface area contributed by atoms with Crippen LogP contribution in [0.4, 0.5) is 0 Å². The molecule has 130 valence electrons. The fourth-order valence-corrected chi connectivity index (χ4v) is 3.48. The molecular formula is C19H15N3O3S. The van der Waals surface area contributed by atoms with Crippen LogP contribution in [0, 0.1) is 0 Å². The lowest BCUT2D eigenvalue weighted by atomic mass is 10.1. The molecule has 0 aliphatic rings. The molecule has 0 saturated heterocycles. The van der Waals surface area contributed by atoms with Gasteiger partial charge in [0.1, 0.15) is 17.0 Å². The van der Waals surface area contributed by atoms with Crippen molar-refractivity contribution >= 4 is 28.7 Å². The van der Waals surface area contributed by atoms with E-state index in [2.05, 4.69) is 10.3 Å². The molecule has 2 heterocycles. The van der Waals surface area contributed by atoms with E-state index in [9.17, 15) is 4.79 Å². The Morgan fingerprint density at radius 1 is 1.15 bits per heavy atom. The van der Waals surface area contributed by atoms with Crippen LogP contribution < -0.4 is 9.47 Å². The molecule has 6 nitrogen and oxygen atoms in total. The molecule has 4 aromatic rings. The number of hydrogen-bond acceptors (Lipinski definition) is 6. The fraction of sp³-hybridized carbons (Fsp3) is 0.105. The lowest BCUT2D eigenvalue weighted by molar-refractivity contribution is 0.111. The van der Waals surface area contributed by atoms with E-state index in [4.69, 9.17) is 9.47 Å². The van der Waals surface area contributed by atoms with Crippen LogP contribution in [0.5, 0.6) is 11.5 Å². The Morgan fingerprint density at radius 2 is 2.04 bits per heavy atom. The van der Waals surface area contributed by atoms with E-state index in [1.807, 2.05) is 41.8 Å². The number of hydrogen-bond donors (Lipinski definition) is 0. The third-order valence-corrected chi connectivity index (χ3v) is 4.91. The number of aldehydes is 1. The van der Waals surface area contributed by atoms with Gasteiger partial charge in [0.2, 0.25) is 0 Å². The number of ether oxygens (including phenoxy) is 2. The standard InChI is InChI=1S/C19H15N3O3S/c1-24-18-10-17(13(11-23)9-14(18)19-7-4-8-26-19)25-12-22-16-6-3-2-5-15(16)20-21-22/h2-11H,12H2,1H3. The second kappa shape index (κ2) is 6.97. The number of thiophene rings is 1. The molecule has 2 aromatic heterocycles. The van der Waals surface area contributed by atoms with Gasteiger partial charge in [0, 0.05) is 16.5 Å². The average Bonchev–Trinajstić information content (AvgIpc) is 3.35. The summed E-state index contributed by atoms with van der Waals surface area (Å²) in [6.07, 6.45) is 0.783. The summed E-state index contributed by atoms with van der Waals surface area (Å²) in [5, 5.41) is 10.2. The Balaban J connectivity index is 1.66. The van der Waals surface area contributed by atoms with Crippen molar-refractivity contribution in [2.24, 2.45) is 0 Å². The summed E-state index contributed by atoms with van der Waals surface area (Å²) in [6.45, 7) is 0.142. The molecule has 26 heavy (non-hydrogen) atoms. The highest BCUT2D eigenvalue weighted by atomic mass is 32.1. The second-order valence-corrected chi connectivity index (χ2v) is 6.48. The van der Waals surface area contributed by atoms with E-state index in [1.165, 1.54) is 0 Å². The van der Waals surface area contributed by atoms with Crippen molar-refractivity contribution in [3.63, 3.8) is 0 Å². The first-order chi connectivity index (χ1) is 12.8. The third kappa shape index (κ3) is 2.93. The summed E-state index contributed by atoms with van der Waals surface area (Å²) < 4.78 is 13.0. The quantitative estimate of drug-likeness (QED) is 0.483. The number of aromatic nitrogens is 3. The third-order valence-electron chi connectivity index (χ3n) is 4.01. The number of para-hydroxylation sites is 1. The molecule has 0 fully saturated rings. The lowest BCUT2D eigenvalue weighted by Crippen LogP contribution is -2.08. The number of nitrogens with zero attached hydrogens (tertiary/aromatic N) is 3. The van der Waals surface area contributed by atoms with Crippen LogP contribution >= 0.6 is 11.3 Å². The van der Waals surface area contributed by atoms with Crippen LogP contribution in [0.2, 0.25) is 0 Å². The van der Waals surface area contributed by atoms with Gasteiger partial charge in [-0.25, -0.2) is 4.68 Å². The van der Waals surface area contributed by atoms with Gasteiger partial charge >= 0.3 is 0 Å². The van der Waals surface area contributed by atoms with Crippen molar-refractivity contribution in [1.29, 1.82) is 0 Å². The van der Waals surface area contributed by atoms with Crippen molar-refractivity contribution < 1.29 is 14.3 Å². The normalized spacial score (nSPS) is 10.8. The minimum Gasteiger partial charge on any atom is -0.496 e. The Hall–Kier alpha value is -3.19. The molecule has 2 aromatic carbocycles. The number of carbonyl (C=O) groups excluding carboxylic acids is 1. The van der Waals surface area contributed by atoms with Gasteiger partial charge in [-0.2, -0.15) is 0 Å². The fourth-order valence-electron chi connectivity index (χ4n) is 2.73. The van der Waals surface area contributed by atoms with E-state index in [-0.39, 0.29) is 6.73 Å². The molecule has 4 rings (SSSR count). The van der Waals surface area contributed by atoms with Crippen LogP contribution in [-0.4, -0.2) is 28.4 Å². The molecule has 0 amide bonds. The minimum absolute atomic E-state index is 0.142. The van der Waals surface area contributed by atoms with Gasteiger partial charge in [-0.3, -0.25) is 4.79 Å². The maximum absolute atomic E-state index is 11.6. The zero-order chi connectivity index (χ0) is 17.9. The molecule has 0 atom stereocenters. The van der Waals surface area contributed by atoms with Crippen LogP contribution in [0.1, 0.15) is 10.4 Å². The molecule has 0 bridgehead atoms. The second-order valence-electron chi connectivity index (χ2n) is 5.54. The maximum Gasteiger partial charge on any atom is 0.183 e. The van der Waals surface area contributed by atoms with Gasteiger partial charge in [0.25, 0.3) is 0 Å². The predicted molar refractivity (Wildman–Crippen MR) is 99.9 cm³/mol. The molecule has 0 spiro atoms. The zero-order valence-electron chi connectivity index (χ0n) is 14.0. The van der Waals surface area contributed by atoms with Crippen LogP contribution in [0.3, 0.4) is 0 Å². The van der Waals surface area contributed by atoms with Crippen molar-refractivity contribution in [2.45, 2.75) is 6.73 Å². The van der Waals surface area contributed by atoms with Crippen molar-refractivity contribution in [1.82, 2.24) is 15.0 Å². The van der Waals surface area contributed by atoms with Crippen molar-refractivity contribution in [3.05, 3.63) is 59.5 Å². The first-order valence-corrected chi connectivity index (χ1v) is 8.80. The number of fused-ring (bicyclic) bond motifs is 1. The maximum atomic E-state index is 11.6. The van der Waals surface area contributed by atoms with E-state index in [1.54, 1.807) is 35.3 Å². The topological polar surface area (TPSA) is 66.2 Å². The summed E-state index contributed by atoms with van der Waals surface area (Å²) in [5.74, 6) is 1.09. The van der Waals surface area contributed by atoms with Gasteiger partial charge in [0.05, 0.1) is 18.2 Å². The summed E-state index contributed by atoms with van der Waals surface area (Å²) in [4.78, 5) is 12.6. The minimum atomic E-state index is 0.142. The van der Waals surface area contributed by atoms with E-state index >= 15 is 0 Å². The zero-order valence-corrected chi connectivity index (χ0v) is 14.8. The summed E-state index contributed by atoms with van der Waals surface area (Å²) in [7, 11) is 1.60. The van der Waals surface area contributed by atoms with Gasteiger partial charge in [-0.15, -0.1) is 16.4 Å². The SMILES string of the molecule is COc1cc(OCn2nnc3ccccc32)c(C=O)cc1-c1cccs1. The number of carbonyl (C=O) groups is 1. The van der Waals surface area contributed by atoms with E-state index in [0.29, 0.717) is 17.1 Å². The Kier molecular flexibility index (Phi) is 4.37.